The Morgan fingerprint density at radius 3 is 2.72 bits per heavy atom. The largest absolute Gasteiger partial charge is 0.313 e. The van der Waals surface area contributed by atoms with Gasteiger partial charge >= 0.3 is 0 Å². The number of benzene rings is 1. The zero-order valence-electron chi connectivity index (χ0n) is 18.0. The SMILES string of the molecule is CCCCc1nc2c(C)ccnc2n1Cc1ccc(-n2cc(Br)cc2-c2nnn[nH]2)cc1. The van der Waals surface area contributed by atoms with Gasteiger partial charge in [-0.15, -0.1) is 5.10 Å². The number of rotatable bonds is 7. The Bertz CT molecular complexity index is 1350. The number of tetrazole rings is 1. The lowest BCUT2D eigenvalue weighted by Crippen LogP contribution is -2.06. The van der Waals surface area contributed by atoms with E-state index in [4.69, 9.17) is 4.98 Å². The van der Waals surface area contributed by atoms with Gasteiger partial charge in [0, 0.05) is 29.0 Å². The van der Waals surface area contributed by atoms with Crippen molar-refractivity contribution in [3.63, 3.8) is 0 Å². The van der Waals surface area contributed by atoms with Gasteiger partial charge < -0.3 is 9.13 Å². The summed E-state index contributed by atoms with van der Waals surface area (Å²) in [5, 5.41) is 14.3. The minimum absolute atomic E-state index is 0.617. The summed E-state index contributed by atoms with van der Waals surface area (Å²) >= 11 is 3.56. The highest BCUT2D eigenvalue weighted by molar-refractivity contribution is 9.10. The summed E-state index contributed by atoms with van der Waals surface area (Å²) in [6, 6.07) is 12.5. The van der Waals surface area contributed by atoms with Crippen LogP contribution in [0.3, 0.4) is 0 Å². The molecule has 0 unspecified atom stereocenters. The molecule has 5 aromatic rings. The van der Waals surface area contributed by atoms with E-state index in [1.165, 1.54) is 5.56 Å². The van der Waals surface area contributed by atoms with Crippen LogP contribution in [0.2, 0.25) is 0 Å². The topological polar surface area (TPSA) is 90.1 Å². The van der Waals surface area contributed by atoms with E-state index in [2.05, 4.69) is 88.8 Å². The normalized spacial score (nSPS) is 11.5. The van der Waals surface area contributed by atoms with Crippen LogP contribution in [0.4, 0.5) is 0 Å². The molecule has 5 rings (SSSR count). The summed E-state index contributed by atoms with van der Waals surface area (Å²) in [6.45, 7) is 5.04. The molecule has 0 fully saturated rings. The van der Waals surface area contributed by atoms with Gasteiger partial charge in [-0.3, -0.25) is 0 Å². The number of aromatic nitrogens is 8. The highest BCUT2D eigenvalue weighted by Gasteiger charge is 2.15. The van der Waals surface area contributed by atoms with Gasteiger partial charge in [0.2, 0.25) is 0 Å². The molecule has 0 aliphatic rings. The molecule has 0 amide bonds. The van der Waals surface area contributed by atoms with Crippen LogP contribution in [-0.2, 0) is 13.0 Å². The van der Waals surface area contributed by atoms with Crippen LogP contribution in [0.25, 0.3) is 28.4 Å². The van der Waals surface area contributed by atoms with E-state index in [9.17, 15) is 0 Å². The van der Waals surface area contributed by atoms with Crippen LogP contribution in [-0.4, -0.2) is 39.7 Å². The Labute approximate surface area is 193 Å². The molecule has 0 radical (unpaired) electrons. The second-order valence-corrected chi connectivity index (χ2v) is 8.76. The van der Waals surface area contributed by atoms with E-state index in [1.807, 2.05) is 24.5 Å². The van der Waals surface area contributed by atoms with Crippen molar-refractivity contribution in [2.75, 3.05) is 0 Å². The van der Waals surface area contributed by atoms with E-state index >= 15 is 0 Å². The molecule has 0 spiro atoms. The summed E-state index contributed by atoms with van der Waals surface area (Å²) < 4.78 is 5.27. The Hall–Kier alpha value is -3.33. The summed E-state index contributed by atoms with van der Waals surface area (Å²) in [5.41, 5.74) is 6.23. The zero-order valence-corrected chi connectivity index (χ0v) is 19.5. The molecule has 0 atom stereocenters. The lowest BCUT2D eigenvalue weighted by molar-refractivity contribution is 0.686. The molecule has 32 heavy (non-hydrogen) atoms. The van der Waals surface area contributed by atoms with Crippen molar-refractivity contribution in [1.29, 1.82) is 0 Å². The Morgan fingerprint density at radius 2 is 1.97 bits per heavy atom. The first kappa shape index (κ1) is 20.6. The van der Waals surface area contributed by atoms with Crippen LogP contribution in [0.1, 0.15) is 36.7 Å². The van der Waals surface area contributed by atoms with E-state index in [0.717, 1.165) is 64.2 Å². The molecule has 0 aliphatic heterocycles. The lowest BCUT2D eigenvalue weighted by atomic mass is 10.2. The van der Waals surface area contributed by atoms with Crippen molar-refractivity contribution in [2.24, 2.45) is 0 Å². The number of nitrogens with zero attached hydrogens (tertiary/aromatic N) is 7. The number of halogens is 1. The van der Waals surface area contributed by atoms with E-state index < -0.39 is 0 Å². The molecule has 4 aromatic heterocycles. The Morgan fingerprint density at radius 1 is 1.12 bits per heavy atom. The van der Waals surface area contributed by atoms with Crippen LogP contribution < -0.4 is 0 Å². The van der Waals surface area contributed by atoms with Crippen molar-refractivity contribution >= 4 is 27.1 Å². The molecule has 0 saturated carbocycles. The predicted molar refractivity (Wildman–Crippen MR) is 127 cm³/mol. The third-order valence-electron chi connectivity index (χ3n) is 5.60. The molecular weight excluding hydrogens is 468 g/mol. The maximum absolute atomic E-state index is 4.92. The monoisotopic (exact) mass is 490 g/mol. The number of pyridine rings is 1. The fourth-order valence-corrected chi connectivity index (χ4v) is 4.34. The molecule has 4 heterocycles. The summed E-state index contributed by atoms with van der Waals surface area (Å²) in [4.78, 5) is 9.57. The maximum Gasteiger partial charge on any atom is 0.196 e. The zero-order chi connectivity index (χ0) is 22.1. The molecule has 9 heteroatoms. The van der Waals surface area contributed by atoms with Gasteiger partial charge in [0.1, 0.15) is 11.3 Å². The van der Waals surface area contributed by atoms with Crippen molar-refractivity contribution < 1.29 is 0 Å². The first-order chi connectivity index (χ1) is 15.6. The van der Waals surface area contributed by atoms with Crippen molar-refractivity contribution in [2.45, 2.75) is 39.7 Å². The number of unbranched alkanes of at least 4 members (excludes halogenated alkanes) is 1. The highest BCUT2D eigenvalue weighted by atomic mass is 79.9. The van der Waals surface area contributed by atoms with Gasteiger partial charge in [0.25, 0.3) is 0 Å². The van der Waals surface area contributed by atoms with E-state index in [-0.39, 0.29) is 0 Å². The average Bonchev–Trinajstić information content (AvgIpc) is 3.53. The van der Waals surface area contributed by atoms with Gasteiger partial charge in [-0.2, -0.15) is 0 Å². The molecule has 0 saturated heterocycles. The number of hydrogen-bond acceptors (Lipinski definition) is 5. The van der Waals surface area contributed by atoms with E-state index in [0.29, 0.717) is 5.82 Å². The van der Waals surface area contributed by atoms with Gasteiger partial charge in [0.15, 0.2) is 11.5 Å². The summed E-state index contributed by atoms with van der Waals surface area (Å²) in [6.07, 6.45) is 7.08. The van der Waals surface area contributed by atoms with Gasteiger partial charge in [0.05, 0.1) is 12.2 Å². The molecule has 162 valence electrons. The number of nitrogens with one attached hydrogen (secondary N) is 1. The molecular formula is C23H23BrN8. The minimum Gasteiger partial charge on any atom is -0.313 e. The second kappa shape index (κ2) is 8.66. The number of aryl methyl sites for hydroxylation is 2. The van der Waals surface area contributed by atoms with Gasteiger partial charge in [-0.05, 0) is 75.1 Å². The van der Waals surface area contributed by atoms with Crippen LogP contribution >= 0.6 is 15.9 Å². The summed E-state index contributed by atoms with van der Waals surface area (Å²) in [7, 11) is 0. The Kier molecular flexibility index (Phi) is 5.57. The fourth-order valence-electron chi connectivity index (χ4n) is 3.91. The van der Waals surface area contributed by atoms with Crippen molar-refractivity contribution in [1.82, 2.24) is 39.7 Å². The van der Waals surface area contributed by atoms with E-state index in [1.54, 1.807) is 0 Å². The van der Waals surface area contributed by atoms with Crippen molar-refractivity contribution in [3.8, 4) is 17.2 Å². The van der Waals surface area contributed by atoms with Crippen LogP contribution in [0, 0.1) is 6.92 Å². The fraction of sp³-hybridized carbons (Fsp3) is 0.261. The number of hydrogen-bond donors (Lipinski definition) is 1. The first-order valence-corrected chi connectivity index (χ1v) is 11.5. The third-order valence-corrected chi connectivity index (χ3v) is 6.03. The highest BCUT2D eigenvalue weighted by Crippen LogP contribution is 2.27. The number of fused-ring (bicyclic) bond motifs is 1. The number of aromatic amines is 1. The number of imidazole rings is 1. The smallest absolute Gasteiger partial charge is 0.196 e. The quantitative estimate of drug-likeness (QED) is 0.351. The van der Waals surface area contributed by atoms with Crippen LogP contribution in [0.5, 0.6) is 0 Å². The second-order valence-electron chi connectivity index (χ2n) is 7.85. The minimum atomic E-state index is 0.617. The number of H-pyrrole nitrogens is 1. The van der Waals surface area contributed by atoms with Gasteiger partial charge in [-0.25, -0.2) is 15.1 Å². The van der Waals surface area contributed by atoms with Crippen molar-refractivity contribution in [3.05, 3.63) is 70.2 Å². The molecule has 8 nitrogen and oxygen atoms in total. The Balaban J connectivity index is 1.48. The van der Waals surface area contributed by atoms with Gasteiger partial charge in [-0.1, -0.05) is 25.5 Å². The molecule has 1 N–H and O–H groups in total. The molecule has 1 aromatic carbocycles. The summed E-state index contributed by atoms with van der Waals surface area (Å²) in [5.74, 6) is 1.72. The maximum atomic E-state index is 4.92. The third kappa shape index (κ3) is 3.84. The first-order valence-electron chi connectivity index (χ1n) is 10.7. The molecule has 0 aliphatic carbocycles. The average molecular weight is 491 g/mol. The van der Waals surface area contributed by atoms with Crippen LogP contribution in [0.15, 0.2) is 53.3 Å². The predicted octanol–water partition coefficient (Wildman–Crippen LogP) is 4.86. The lowest BCUT2D eigenvalue weighted by Gasteiger charge is -2.11. The standard InChI is InChI=1S/C23H23BrN8/c1-3-4-5-20-26-21-15(2)10-11-25-23(21)32(20)13-16-6-8-18(9-7-16)31-14-17(24)12-19(31)22-27-29-30-28-22/h6-12,14H,3-5,13H2,1-2H3,(H,27,28,29,30). The molecule has 0 bridgehead atoms.